The summed E-state index contributed by atoms with van der Waals surface area (Å²) in [4.78, 5) is 24.3. The number of nitrogens with one attached hydrogen (secondary N) is 1. The topological polar surface area (TPSA) is 58.1 Å². The number of aromatic nitrogens is 2. The van der Waals surface area contributed by atoms with Gasteiger partial charge in [0.15, 0.2) is 5.82 Å². The molecule has 1 saturated heterocycles. The maximum atomic E-state index is 12.8. The number of rotatable bonds is 5. The summed E-state index contributed by atoms with van der Waals surface area (Å²) >= 11 is 0. The molecule has 1 fully saturated rings. The van der Waals surface area contributed by atoms with Gasteiger partial charge in [0.2, 0.25) is 0 Å². The Kier molecular flexibility index (Phi) is 5.33. The number of anilines is 1. The van der Waals surface area contributed by atoms with Crippen LogP contribution in [0.2, 0.25) is 0 Å². The molecule has 0 saturated carbocycles. The molecule has 5 heteroatoms. The quantitative estimate of drug-likeness (QED) is 0.736. The summed E-state index contributed by atoms with van der Waals surface area (Å²) in [6, 6.07) is 19.8. The predicted octanol–water partition coefficient (Wildman–Crippen LogP) is 3.98. The molecule has 28 heavy (non-hydrogen) atoms. The van der Waals surface area contributed by atoms with Gasteiger partial charge in [0.05, 0.1) is 0 Å². The van der Waals surface area contributed by atoms with Crippen molar-refractivity contribution in [2.45, 2.75) is 26.3 Å². The van der Waals surface area contributed by atoms with E-state index in [4.69, 9.17) is 4.98 Å². The van der Waals surface area contributed by atoms with Crippen LogP contribution in [0.1, 0.15) is 34.5 Å². The van der Waals surface area contributed by atoms with E-state index in [-0.39, 0.29) is 5.91 Å². The number of carbonyl (C=O) groups excluding carboxylic acids is 1. The lowest BCUT2D eigenvalue weighted by Gasteiger charge is -2.18. The third-order valence-corrected chi connectivity index (χ3v) is 4.98. The average molecular weight is 372 g/mol. The SMILES string of the molecule is Cc1ccc(CNC(=O)c2cc(N3CCCC3)nc(-c3ccccc3)n2)cc1. The fraction of sp³-hybridized carbons (Fsp3) is 0.261. The number of carbonyl (C=O) groups is 1. The van der Waals surface area contributed by atoms with Crippen LogP contribution in [0.5, 0.6) is 0 Å². The highest BCUT2D eigenvalue weighted by Crippen LogP contribution is 2.23. The third kappa shape index (κ3) is 4.19. The Balaban J connectivity index is 1.60. The molecule has 1 N–H and O–H groups in total. The zero-order valence-electron chi connectivity index (χ0n) is 16.1. The number of amides is 1. The molecule has 2 heterocycles. The first-order valence-corrected chi connectivity index (χ1v) is 9.72. The average Bonchev–Trinajstić information content (AvgIpc) is 3.28. The van der Waals surface area contributed by atoms with Crippen molar-refractivity contribution in [2.24, 2.45) is 0 Å². The van der Waals surface area contributed by atoms with Crippen molar-refractivity contribution in [3.05, 3.63) is 77.5 Å². The highest BCUT2D eigenvalue weighted by molar-refractivity contribution is 5.93. The first-order valence-electron chi connectivity index (χ1n) is 9.72. The summed E-state index contributed by atoms with van der Waals surface area (Å²) in [6.45, 7) is 4.46. The largest absolute Gasteiger partial charge is 0.356 e. The normalized spacial score (nSPS) is 13.5. The van der Waals surface area contributed by atoms with Gasteiger partial charge in [0.1, 0.15) is 11.5 Å². The van der Waals surface area contributed by atoms with Gasteiger partial charge in [-0.3, -0.25) is 4.79 Å². The van der Waals surface area contributed by atoms with Gasteiger partial charge in [0.25, 0.3) is 5.91 Å². The Morgan fingerprint density at radius 3 is 2.43 bits per heavy atom. The van der Waals surface area contributed by atoms with Crippen molar-refractivity contribution >= 4 is 11.7 Å². The van der Waals surface area contributed by atoms with Crippen molar-refractivity contribution in [3.8, 4) is 11.4 Å². The molecule has 0 radical (unpaired) electrons. The van der Waals surface area contributed by atoms with Gasteiger partial charge in [-0.2, -0.15) is 0 Å². The van der Waals surface area contributed by atoms with E-state index in [1.165, 1.54) is 5.56 Å². The van der Waals surface area contributed by atoms with E-state index < -0.39 is 0 Å². The molecule has 4 rings (SSSR count). The molecule has 5 nitrogen and oxygen atoms in total. The fourth-order valence-electron chi connectivity index (χ4n) is 3.35. The molecule has 142 valence electrons. The van der Waals surface area contributed by atoms with E-state index in [2.05, 4.69) is 15.2 Å². The Bertz CT molecular complexity index is 948. The minimum Gasteiger partial charge on any atom is -0.356 e. The molecular weight excluding hydrogens is 348 g/mol. The Morgan fingerprint density at radius 2 is 1.71 bits per heavy atom. The van der Waals surface area contributed by atoms with E-state index in [0.717, 1.165) is 42.9 Å². The first kappa shape index (κ1) is 18.2. The lowest BCUT2D eigenvalue weighted by atomic mass is 10.1. The lowest BCUT2D eigenvalue weighted by Crippen LogP contribution is -2.26. The smallest absolute Gasteiger partial charge is 0.270 e. The van der Waals surface area contributed by atoms with E-state index >= 15 is 0 Å². The van der Waals surface area contributed by atoms with Crippen molar-refractivity contribution in [1.29, 1.82) is 0 Å². The molecule has 0 spiro atoms. The van der Waals surface area contributed by atoms with Crippen LogP contribution in [-0.2, 0) is 6.54 Å². The van der Waals surface area contributed by atoms with Crippen molar-refractivity contribution in [2.75, 3.05) is 18.0 Å². The molecule has 0 aliphatic carbocycles. The molecule has 1 aromatic heterocycles. The molecule has 1 amide bonds. The number of hydrogen-bond donors (Lipinski definition) is 1. The Morgan fingerprint density at radius 1 is 1.00 bits per heavy atom. The maximum absolute atomic E-state index is 12.8. The Hall–Kier alpha value is -3.21. The molecule has 0 bridgehead atoms. The summed E-state index contributed by atoms with van der Waals surface area (Å²) in [6.07, 6.45) is 2.30. The molecule has 0 unspecified atom stereocenters. The van der Waals surface area contributed by atoms with Crippen LogP contribution in [0.3, 0.4) is 0 Å². The van der Waals surface area contributed by atoms with Crippen LogP contribution in [0.25, 0.3) is 11.4 Å². The van der Waals surface area contributed by atoms with Gasteiger partial charge >= 0.3 is 0 Å². The zero-order chi connectivity index (χ0) is 19.3. The zero-order valence-corrected chi connectivity index (χ0v) is 16.1. The van der Waals surface area contributed by atoms with Gasteiger partial charge in [0, 0.05) is 31.3 Å². The molecule has 2 aromatic carbocycles. The second-order valence-corrected chi connectivity index (χ2v) is 7.16. The summed E-state index contributed by atoms with van der Waals surface area (Å²) in [5.74, 6) is 1.23. The highest BCUT2D eigenvalue weighted by Gasteiger charge is 2.19. The van der Waals surface area contributed by atoms with Gasteiger partial charge in [-0.25, -0.2) is 9.97 Å². The van der Waals surface area contributed by atoms with E-state index in [9.17, 15) is 4.79 Å². The first-order chi connectivity index (χ1) is 13.7. The highest BCUT2D eigenvalue weighted by atomic mass is 16.1. The van der Waals surface area contributed by atoms with Crippen molar-refractivity contribution in [1.82, 2.24) is 15.3 Å². The minimum absolute atomic E-state index is 0.180. The van der Waals surface area contributed by atoms with Crippen LogP contribution >= 0.6 is 0 Å². The fourth-order valence-corrected chi connectivity index (χ4v) is 3.35. The molecule has 0 atom stereocenters. The van der Waals surface area contributed by atoms with E-state index in [1.54, 1.807) is 0 Å². The van der Waals surface area contributed by atoms with Gasteiger partial charge in [-0.1, -0.05) is 60.2 Å². The second kappa shape index (κ2) is 8.21. The van der Waals surface area contributed by atoms with Crippen LogP contribution in [0, 0.1) is 6.92 Å². The minimum atomic E-state index is -0.180. The van der Waals surface area contributed by atoms with Crippen LogP contribution in [0.4, 0.5) is 5.82 Å². The van der Waals surface area contributed by atoms with Gasteiger partial charge < -0.3 is 10.2 Å². The molecular formula is C23H24N4O. The number of benzene rings is 2. The van der Waals surface area contributed by atoms with E-state index in [1.807, 2.05) is 67.6 Å². The van der Waals surface area contributed by atoms with Crippen molar-refractivity contribution < 1.29 is 4.79 Å². The number of aryl methyl sites for hydroxylation is 1. The summed E-state index contributed by atoms with van der Waals surface area (Å²) in [5, 5.41) is 2.98. The maximum Gasteiger partial charge on any atom is 0.270 e. The lowest BCUT2D eigenvalue weighted by molar-refractivity contribution is 0.0946. The van der Waals surface area contributed by atoms with Crippen LogP contribution in [-0.4, -0.2) is 29.0 Å². The second-order valence-electron chi connectivity index (χ2n) is 7.16. The van der Waals surface area contributed by atoms with E-state index in [0.29, 0.717) is 18.1 Å². The number of nitrogens with zero attached hydrogens (tertiary/aromatic N) is 3. The van der Waals surface area contributed by atoms with Gasteiger partial charge in [-0.05, 0) is 25.3 Å². The predicted molar refractivity (Wildman–Crippen MR) is 111 cm³/mol. The van der Waals surface area contributed by atoms with Crippen LogP contribution in [0.15, 0.2) is 60.7 Å². The standard InChI is InChI=1S/C23H24N4O/c1-17-9-11-18(12-10-17)16-24-23(28)20-15-21(27-13-5-6-14-27)26-22(25-20)19-7-3-2-4-8-19/h2-4,7-12,15H,5-6,13-14,16H2,1H3,(H,24,28). The summed E-state index contributed by atoms with van der Waals surface area (Å²) in [7, 11) is 0. The monoisotopic (exact) mass is 372 g/mol. The van der Waals surface area contributed by atoms with Crippen molar-refractivity contribution in [3.63, 3.8) is 0 Å². The van der Waals surface area contributed by atoms with Crippen LogP contribution < -0.4 is 10.2 Å². The summed E-state index contributed by atoms with van der Waals surface area (Å²) in [5.41, 5.74) is 3.59. The molecule has 1 aliphatic heterocycles. The molecule has 1 aliphatic rings. The molecule has 3 aromatic rings. The number of hydrogen-bond acceptors (Lipinski definition) is 4. The Labute approximate surface area is 165 Å². The summed E-state index contributed by atoms with van der Waals surface area (Å²) < 4.78 is 0. The third-order valence-electron chi connectivity index (χ3n) is 4.98. The van der Waals surface area contributed by atoms with Gasteiger partial charge in [-0.15, -0.1) is 0 Å².